The number of nitrogens with zero attached hydrogens (tertiary/aromatic N) is 3. The molecule has 1 saturated heterocycles. The van der Waals surface area contributed by atoms with Gasteiger partial charge in [-0.1, -0.05) is 15.9 Å². The van der Waals surface area contributed by atoms with Gasteiger partial charge in [0.15, 0.2) is 0 Å². The summed E-state index contributed by atoms with van der Waals surface area (Å²) >= 11 is 9.45. The Morgan fingerprint density at radius 3 is 2.73 bits per heavy atom. The quantitative estimate of drug-likeness (QED) is 0.740. The van der Waals surface area contributed by atoms with Crippen LogP contribution in [-0.2, 0) is 0 Å². The largest absolute Gasteiger partial charge is 0.488 e. The summed E-state index contributed by atoms with van der Waals surface area (Å²) in [7, 11) is 0. The van der Waals surface area contributed by atoms with Crippen LogP contribution in [0.25, 0.3) is 10.9 Å². The van der Waals surface area contributed by atoms with E-state index in [0.29, 0.717) is 6.04 Å². The minimum atomic E-state index is 0.223. The van der Waals surface area contributed by atoms with E-state index in [4.69, 9.17) is 16.3 Å². The number of fused-ring (bicyclic) bond motifs is 1. The molecule has 118 valence electrons. The number of hydrogen-bond donors (Lipinski definition) is 0. The summed E-state index contributed by atoms with van der Waals surface area (Å²) in [6.07, 6.45) is 4.01. The Hall–Kier alpha value is -0.910. The third-order valence-electron chi connectivity index (χ3n) is 4.08. The van der Waals surface area contributed by atoms with Gasteiger partial charge in [0.05, 0.1) is 0 Å². The molecule has 0 radical (unpaired) electrons. The molecule has 3 rings (SSSR count). The van der Waals surface area contributed by atoms with Crippen molar-refractivity contribution in [1.29, 1.82) is 0 Å². The van der Waals surface area contributed by atoms with E-state index in [2.05, 4.69) is 44.6 Å². The van der Waals surface area contributed by atoms with Gasteiger partial charge in [-0.25, -0.2) is 9.97 Å². The molecule has 22 heavy (non-hydrogen) atoms. The Balaban J connectivity index is 1.81. The van der Waals surface area contributed by atoms with Crippen molar-refractivity contribution in [3.8, 4) is 5.75 Å². The molecule has 1 aromatic carbocycles. The Bertz CT molecular complexity index is 672. The minimum Gasteiger partial charge on any atom is -0.488 e. The van der Waals surface area contributed by atoms with E-state index in [1.807, 2.05) is 12.1 Å². The average Bonchev–Trinajstić information content (AvgIpc) is 2.48. The molecule has 0 atom stereocenters. The molecule has 0 aliphatic carbocycles. The summed E-state index contributed by atoms with van der Waals surface area (Å²) in [4.78, 5) is 10.8. The first-order valence-electron chi connectivity index (χ1n) is 7.55. The fourth-order valence-electron chi connectivity index (χ4n) is 2.84. The van der Waals surface area contributed by atoms with Crippen LogP contribution in [0.15, 0.2) is 22.8 Å². The Morgan fingerprint density at radius 1 is 1.32 bits per heavy atom. The number of piperidine rings is 1. The number of benzene rings is 1. The summed E-state index contributed by atoms with van der Waals surface area (Å²) in [5.41, 5.74) is 0.773. The highest BCUT2D eigenvalue weighted by Gasteiger charge is 2.23. The molecule has 2 aromatic rings. The zero-order valence-corrected chi connectivity index (χ0v) is 15.1. The fraction of sp³-hybridized carbons (Fsp3) is 0.500. The summed E-state index contributed by atoms with van der Waals surface area (Å²) in [5, 5.41) is 1.17. The lowest BCUT2D eigenvalue weighted by atomic mass is 10.1. The molecule has 6 heteroatoms. The smallest absolute Gasteiger partial charge is 0.223 e. The molecule has 1 fully saturated rings. The highest BCUT2D eigenvalue weighted by atomic mass is 79.9. The van der Waals surface area contributed by atoms with Gasteiger partial charge in [0, 0.05) is 35.2 Å². The van der Waals surface area contributed by atoms with E-state index in [9.17, 15) is 0 Å². The van der Waals surface area contributed by atoms with Gasteiger partial charge in [-0.2, -0.15) is 0 Å². The zero-order valence-electron chi connectivity index (χ0n) is 12.7. The zero-order chi connectivity index (χ0) is 15.7. The first kappa shape index (κ1) is 16.0. The van der Waals surface area contributed by atoms with Crippen molar-refractivity contribution in [3.63, 3.8) is 0 Å². The van der Waals surface area contributed by atoms with Gasteiger partial charge in [-0.15, -0.1) is 0 Å². The number of ether oxygens (including phenoxy) is 1. The van der Waals surface area contributed by atoms with Gasteiger partial charge in [0.1, 0.15) is 17.4 Å². The Kier molecular flexibility index (Phi) is 4.85. The minimum absolute atomic E-state index is 0.223. The van der Waals surface area contributed by atoms with E-state index in [0.717, 1.165) is 47.1 Å². The highest BCUT2D eigenvalue weighted by molar-refractivity contribution is 9.10. The van der Waals surface area contributed by atoms with Crippen LogP contribution in [0.3, 0.4) is 0 Å². The van der Waals surface area contributed by atoms with Gasteiger partial charge in [-0.05, 0) is 50.4 Å². The second-order valence-electron chi connectivity index (χ2n) is 5.93. The molecule has 0 unspecified atom stereocenters. The number of aromatic nitrogens is 2. The lowest BCUT2D eigenvalue weighted by molar-refractivity contribution is 0.0851. The highest BCUT2D eigenvalue weighted by Crippen LogP contribution is 2.31. The van der Waals surface area contributed by atoms with Gasteiger partial charge in [0.25, 0.3) is 0 Å². The average molecular weight is 385 g/mol. The SMILES string of the molecule is CC(C)N1CCC(Oc2cc(Br)cc3cnc(Cl)nc23)CC1. The summed E-state index contributed by atoms with van der Waals surface area (Å²) in [5.74, 6) is 0.775. The molecule has 2 heterocycles. The first-order chi connectivity index (χ1) is 10.5. The predicted octanol–water partition coefficient (Wildman–Crippen LogP) is 4.30. The van der Waals surface area contributed by atoms with Crippen molar-refractivity contribution in [2.45, 2.75) is 38.8 Å². The van der Waals surface area contributed by atoms with Crippen LogP contribution in [0, 0.1) is 0 Å². The van der Waals surface area contributed by atoms with Gasteiger partial charge >= 0.3 is 0 Å². The molecular formula is C16H19BrClN3O. The van der Waals surface area contributed by atoms with Crippen molar-refractivity contribution in [1.82, 2.24) is 14.9 Å². The van der Waals surface area contributed by atoms with Crippen molar-refractivity contribution >= 4 is 38.4 Å². The second-order valence-corrected chi connectivity index (χ2v) is 7.18. The standard InChI is InChI=1S/C16H19BrClN3O/c1-10(2)21-5-3-13(4-6-21)22-14-8-12(17)7-11-9-19-16(18)20-15(11)14/h7-10,13H,3-6H2,1-2H3. The molecule has 0 bridgehead atoms. The first-order valence-corrected chi connectivity index (χ1v) is 8.72. The van der Waals surface area contributed by atoms with Crippen molar-refractivity contribution in [3.05, 3.63) is 28.1 Å². The van der Waals surface area contributed by atoms with Crippen LogP contribution < -0.4 is 4.74 Å². The molecule has 1 aliphatic heterocycles. The van der Waals surface area contributed by atoms with Crippen molar-refractivity contribution in [2.24, 2.45) is 0 Å². The van der Waals surface area contributed by atoms with Crippen LogP contribution in [0.5, 0.6) is 5.75 Å². The van der Waals surface area contributed by atoms with Crippen LogP contribution in [-0.4, -0.2) is 40.1 Å². The fourth-order valence-corrected chi connectivity index (χ4v) is 3.42. The van der Waals surface area contributed by atoms with E-state index >= 15 is 0 Å². The number of rotatable bonds is 3. The second kappa shape index (κ2) is 6.69. The summed E-state index contributed by atoms with van der Waals surface area (Å²) < 4.78 is 7.19. The molecule has 0 spiro atoms. The Labute approximate surface area is 144 Å². The third-order valence-corrected chi connectivity index (χ3v) is 4.72. The maximum absolute atomic E-state index is 6.23. The number of halogens is 2. The lowest BCUT2D eigenvalue weighted by Gasteiger charge is -2.34. The van der Waals surface area contributed by atoms with E-state index in [1.54, 1.807) is 6.20 Å². The van der Waals surface area contributed by atoms with Gasteiger partial charge in [-0.3, -0.25) is 0 Å². The molecule has 1 aromatic heterocycles. The van der Waals surface area contributed by atoms with Crippen LogP contribution in [0.4, 0.5) is 0 Å². The van der Waals surface area contributed by atoms with Crippen LogP contribution in [0.1, 0.15) is 26.7 Å². The monoisotopic (exact) mass is 383 g/mol. The maximum atomic E-state index is 6.23. The van der Waals surface area contributed by atoms with Crippen molar-refractivity contribution in [2.75, 3.05) is 13.1 Å². The number of hydrogen-bond acceptors (Lipinski definition) is 4. The molecule has 0 saturated carbocycles. The maximum Gasteiger partial charge on any atom is 0.223 e. The third kappa shape index (κ3) is 3.53. The van der Waals surface area contributed by atoms with Gasteiger partial charge < -0.3 is 9.64 Å². The molecular weight excluding hydrogens is 366 g/mol. The van der Waals surface area contributed by atoms with E-state index < -0.39 is 0 Å². The van der Waals surface area contributed by atoms with Gasteiger partial charge in [0.2, 0.25) is 5.28 Å². The molecule has 4 nitrogen and oxygen atoms in total. The van der Waals surface area contributed by atoms with Crippen molar-refractivity contribution < 1.29 is 4.74 Å². The number of likely N-dealkylation sites (tertiary alicyclic amines) is 1. The summed E-state index contributed by atoms with van der Waals surface area (Å²) in [6, 6.07) is 4.53. The Morgan fingerprint density at radius 2 is 2.05 bits per heavy atom. The van der Waals surface area contributed by atoms with Crippen LogP contribution in [0.2, 0.25) is 5.28 Å². The molecule has 0 amide bonds. The lowest BCUT2D eigenvalue weighted by Crippen LogP contribution is -2.41. The summed E-state index contributed by atoms with van der Waals surface area (Å²) in [6.45, 7) is 6.62. The van der Waals surface area contributed by atoms with E-state index in [1.165, 1.54) is 0 Å². The predicted molar refractivity (Wildman–Crippen MR) is 92.6 cm³/mol. The van der Waals surface area contributed by atoms with E-state index in [-0.39, 0.29) is 11.4 Å². The molecule has 1 aliphatic rings. The normalized spacial score (nSPS) is 17.3. The molecule has 0 N–H and O–H groups in total. The van der Waals surface area contributed by atoms with Crippen LogP contribution >= 0.6 is 27.5 Å². The topological polar surface area (TPSA) is 38.2 Å².